The molecule has 1 N–H and O–H groups in total. The van der Waals surface area contributed by atoms with Crippen LogP contribution in [0.4, 0.5) is 11.4 Å². The van der Waals surface area contributed by atoms with E-state index < -0.39 is 0 Å². The van der Waals surface area contributed by atoms with E-state index >= 15 is 0 Å². The highest BCUT2D eigenvalue weighted by molar-refractivity contribution is 5.95. The van der Waals surface area contributed by atoms with Crippen molar-refractivity contribution in [3.05, 3.63) is 24.3 Å². The molecule has 4 heteroatoms. The average Bonchev–Trinajstić information content (AvgIpc) is 2.95. The van der Waals surface area contributed by atoms with Crippen molar-refractivity contribution in [1.29, 1.82) is 0 Å². The minimum Gasteiger partial charge on any atom is -0.382 e. The number of hydrogen-bond acceptors (Lipinski definition) is 3. The molecule has 114 valence electrons. The van der Waals surface area contributed by atoms with E-state index in [1.54, 1.807) is 0 Å². The maximum atomic E-state index is 11.7. The number of nitrogens with zero attached hydrogens (tertiary/aromatic N) is 1. The second kappa shape index (κ2) is 6.48. The van der Waals surface area contributed by atoms with E-state index in [4.69, 9.17) is 4.74 Å². The third kappa shape index (κ3) is 3.38. The molecule has 3 rings (SSSR count). The molecule has 2 aliphatic rings. The van der Waals surface area contributed by atoms with Crippen LogP contribution in [0.15, 0.2) is 24.3 Å². The van der Waals surface area contributed by atoms with E-state index in [0.29, 0.717) is 18.4 Å². The Morgan fingerprint density at radius 2 is 1.95 bits per heavy atom. The van der Waals surface area contributed by atoms with Gasteiger partial charge in [-0.05, 0) is 56.4 Å². The second-order valence-electron chi connectivity index (χ2n) is 6.08. The molecule has 21 heavy (non-hydrogen) atoms. The van der Waals surface area contributed by atoms with Crippen LogP contribution in [0, 0.1) is 5.92 Å². The van der Waals surface area contributed by atoms with Gasteiger partial charge in [0, 0.05) is 43.6 Å². The molecule has 1 atom stereocenters. The predicted molar refractivity (Wildman–Crippen MR) is 84.7 cm³/mol. The fourth-order valence-electron chi connectivity index (χ4n) is 3.26. The third-order valence-electron chi connectivity index (χ3n) is 4.62. The first kappa shape index (κ1) is 14.4. The molecule has 2 saturated heterocycles. The normalized spacial score (nSPS) is 21.6. The van der Waals surface area contributed by atoms with Gasteiger partial charge in [0.05, 0.1) is 0 Å². The Morgan fingerprint density at radius 1 is 1.24 bits per heavy atom. The smallest absolute Gasteiger partial charge is 0.227 e. The first-order valence-corrected chi connectivity index (χ1v) is 7.99. The summed E-state index contributed by atoms with van der Waals surface area (Å²) >= 11 is 0. The molecule has 2 fully saturated rings. The van der Waals surface area contributed by atoms with E-state index in [-0.39, 0.29) is 5.91 Å². The Labute approximate surface area is 126 Å². The first-order valence-electron chi connectivity index (χ1n) is 7.99. The number of benzene rings is 1. The maximum absolute atomic E-state index is 11.7. The fourth-order valence-corrected chi connectivity index (χ4v) is 3.26. The van der Waals surface area contributed by atoms with E-state index in [1.807, 2.05) is 17.0 Å². The van der Waals surface area contributed by atoms with Crippen LogP contribution in [0.2, 0.25) is 0 Å². The summed E-state index contributed by atoms with van der Waals surface area (Å²) in [6, 6.07) is 8.70. The summed E-state index contributed by atoms with van der Waals surface area (Å²) in [5, 5.41) is 3.58. The highest BCUT2D eigenvalue weighted by Gasteiger charge is 2.22. The van der Waals surface area contributed by atoms with Gasteiger partial charge in [-0.15, -0.1) is 0 Å². The molecule has 1 aromatic carbocycles. The Hall–Kier alpha value is -1.55. The molecule has 0 spiro atoms. The summed E-state index contributed by atoms with van der Waals surface area (Å²) in [5.74, 6) is 0.921. The van der Waals surface area contributed by atoms with E-state index in [0.717, 1.165) is 50.4 Å². The van der Waals surface area contributed by atoms with Gasteiger partial charge in [-0.3, -0.25) is 4.79 Å². The number of amides is 1. The summed E-state index contributed by atoms with van der Waals surface area (Å²) in [7, 11) is 0. The van der Waals surface area contributed by atoms with Crippen molar-refractivity contribution >= 4 is 17.3 Å². The maximum Gasteiger partial charge on any atom is 0.227 e. The lowest BCUT2D eigenvalue weighted by Crippen LogP contribution is -2.31. The van der Waals surface area contributed by atoms with Crippen molar-refractivity contribution in [2.45, 2.75) is 38.6 Å². The number of hydrogen-bond donors (Lipinski definition) is 1. The van der Waals surface area contributed by atoms with Crippen molar-refractivity contribution < 1.29 is 9.53 Å². The van der Waals surface area contributed by atoms with Crippen LogP contribution in [-0.2, 0) is 9.53 Å². The molecule has 4 nitrogen and oxygen atoms in total. The van der Waals surface area contributed by atoms with Gasteiger partial charge in [-0.25, -0.2) is 0 Å². The molecule has 0 saturated carbocycles. The van der Waals surface area contributed by atoms with Crippen molar-refractivity contribution in [2.24, 2.45) is 5.92 Å². The summed E-state index contributed by atoms with van der Waals surface area (Å²) in [4.78, 5) is 13.6. The Morgan fingerprint density at radius 3 is 2.57 bits per heavy atom. The molecule has 0 bridgehead atoms. The zero-order chi connectivity index (χ0) is 14.7. The molecule has 0 aliphatic carbocycles. The molecule has 1 unspecified atom stereocenters. The summed E-state index contributed by atoms with van der Waals surface area (Å²) in [6.07, 6.45) is 3.92. The van der Waals surface area contributed by atoms with Gasteiger partial charge < -0.3 is 15.0 Å². The standard InChI is InChI=1S/C17H24N2O2/c1-13(14-8-11-21-12-9-14)18-15-4-6-16(7-5-15)19-10-2-3-17(19)20/h4-7,13-14,18H,2-3,8-12H2,1H3. The largest absolute Gasteiger partial charge is 0.382 e. The predicted octanol–water partition coefficient (Wildman–Crippen LogP) is 3.04. The Bertz CT molecular complexity index is 480. The van der Waals surface area contributed by atoms with Crippen LogP contribution in [0.25, 0.3) is 0 Å². The number of nitrogens with one attached hydrogen (secondary N) is 1. The van der Waals surface area contributed by atoms with Gasteiger partial charge in [0.15, 0.2) is 0 Å². The quantitative estimate of drug-likeness (QED) is 0.926. The number of rotatable bonds is 4. The zero-order valence-electron chi connectivity index (χ0n) is 12.7. The summed E-state index contributed by atoms with van der Waals surface area (Å²) in [5.41, 5.74) is 2.14. The molecule has 0 radical (unpaired) electrons. The van der Waals surface area contributed by atoms with Crippen LogP contribution in [0.3, 0.4) is 0 Å². The van der Waals surface area contributed by atoms with Gasteiger partial charge in [-0.1, -0.05) is 0 Å². The van der Waals surface area contributed by atoms with Gasteiger partial charge in [-0.2, -0.15) is 0 Å². The molecule has 1 aromatic rings. The van der Waals surface area contributed by atoms with Crippen molar-refractivity contribution in [3.63, 3.8) is 0 Å². The van der Waals surface area contributed by atoms with Crippen molar-refractivity contribution in [3.8, 4) is 0 Å². The van der Waals surface area contributed by atoms with Gasteiger partial charge in [0.1, 0.15) is 0 Å². The average molecular weight is 288 g/mol. The summed E-state index contributed by atoms with van der Waals surface area (Å²) in [6.45, 7) is 4.86. The van der Waals surface area contributed by atoms with Crippen LogP contribution in [-0.4, -0.2) is 31.7 Å². The van der Waals surface area contributed by atoms with E-state index in [2.05, 4.69) is 24.4 Å². The Kier molecular flexibility index (Phi) is 4.44. The lowest BCUT2D eigenvalue weighted by Gasteiger charge is -2.29. The molecule has 1 amide bonds. The van der Waals surface area contributed by atoms with E-state index in [9.17, 15) is 4.79 Å². The topological polar surface area (TPSA) is 41.6 Å². The molecule has 0 aromatic heterocycles. The zero-order valence-corrected chi connectivity index (χ0v) is 12.7. The second-order valence-corrected chi connectivity index (χ2v) is 6.08. The minimum absolute atomic E-state index is 0.242. The molecular formula is C17H24N2O2. The van der Waals surface area contributed by atoms with E-state index in [1.165, 1.54) is 0 Å². The highest BCUT2D eigenvalue weighted by Crippen LogP contribution is 2.25. The first-order chi connectivity index (χ1) is 10.2. The van der Waals surface area contributed by atoms with Crippen LogP contribution < -0.4 is 10.2 Å². The number of carbonyl (C=O) groups is 1. The SMILES string of the molecule is CC(Nc1ccc(N2CCCC2=O)cc1)C1CCOCC1. The van der Waals surface area contributed by atoms with Crippen molar-refractivity contribution in [1.82, 2.24) is 0 Å². The molecule has 2 aliphatic heterocycles. The Balaban J connectivity index is 1.60. The lowest BCUT2D eigenvalue weighted by molar-refractivity contribution is -0.117. The number of anilines is 2. The van der Waals surface area contributed by atoms with Gasteiger partial charge in [0.2, 0.25) is 5.91 Å². The van der Waals surface area contributed by atoms with Crippen molar-refractivity contribution in [2.75, 3.05) is 30.0 Å². The minimum atomic E-state index is 0.242. The van der Waals surface area contributed by atoms with Crippen LogP contribution in [0.1, 0.15) is 32.6 Å². The number of ether oxygens (including phenoxy) is 1. The van der Waals surface area contributed by atoms with Crippen LogP contribution in [0.5, 0.6) is 0 Å². The van der Waals surface area contributed by atoms with Crippen LogP contribution >= 0.6 is 0 Å². The highest BCUT2D eigenvalue weighted by atomic mass is 16.5. The fraction of sp³-hybridized carbons (Fsp3) is 0.588. The summed E-state index contributed by atoms with van der Waals surface area (Å²) < 4.78 is 5.42. The lowest BCUT2D eigenvalue weighted by atomic mass is 9.93. The number of carbonyl (C=O) groups excluding carboxylic acids is 1. The van der Waals surface area contributed by atoms with Gasteiger partial charge in [0.25, 0.3) is 0 Å². The molecular weight excluding hydrogens is 264 g/mol. The third-order valence-corrected chi connectivity index (χ3v) is 4.62. The van der Waals surface area contributed by atoms with Gasteiger partial charge >= 0.3 is 0 Å². The monoisotopic (exact) mass is 288 g/mol. The molecule has 2 heterocycles.